The van der Waals surface area contributed by atoms with Crippen molar-refractivity contribution >= 4 is 9.24 Å². The number of hydrogen-bond acceptors (Lipinski definition) is 3. The molecule has 3 rings (SSSR count). The fourth-order valence-corrected chi connectivity index (χ4v) is 3.58. The Labute approximate surface area is 144 Å². The highest BCUT2D eigenvalue weighted by Gasteiger charge is 2.44. The van der Waals surface area contributed by atoms with E-state index in [0.29, 0.717) is 19.6 Å². The number of rotatable bonds is 5. The minimum Gasteiger partial charge on any atom is -0.388 e. The number of ether oxygens (including phenoxy) is 1. The van der Waals surface area contributed by atoms with E-state index >= 15 is 0 Å². The van der Waals surface area contributed by atoms with E-state index in [0.717, 1.165) is 24.0 Å². The maximum Gasteiger partial charge on any atom is 0.123 e. The summed E-state index contributed by atoms with van der Waals surface area (Å²) in [5.74, 6) is -0.283. The standard InChI is InChI=1S/C19H23FNO2P/c20-17-8-6-16(7-9-17)19(10-11-21(14-24)12-18(19)22)23-13-15-4-2-1-3-5-15/h1-9,18,22H,10-14,24H2/t18-,19-/m1/s1. The number of β-amino-alcohol motifs (C(OH)–C–C–N with tert-alkyl or cyclic N) is 1. The van der Waals surface area contributed by atoms with E-state index < -0.39 is 11.7 Å². The molecular formula is C19H23FNO2P. The van der Waals surface area contributed by atoms with Gasteiger partial charge in [0, 0.05) is 19.4 Å². The molecule has 1 heterocycles. The Morgan fingerprint density at radius 1 is 1.17 bits per heavy atom. The van der Waals surface area contributed by atoms with Crippen LogP contribution in [0.4, 0.5) is 4.39 Å². The summed E-state index contributed by atoms with van der Waals surface area (Å²) < 4.78 is 19.6. The second-order valence-corrected chi connectivity index (χ2v) is 6.56. The molecule has 1 aliphatic rings. The smallest absolute Gasteiger partial charge is 0.123 e. The predicted octanol–water partition coefficient (Wildman–Crippen LogP) is 3.14. The maximum absolute atomic E-state index is 13.3. The summed E-state index contributed by atoms with van der Waals surface area (Å²) in [7, 11) is 2.69. The molecule has 2 aromatic carbocycles. The Morgan fingerprint density at radius 3 is 2.50 bits per heavy atom. The van der Waals surface area contributed by atoms with Crippen LogP contribution < -0.4 is 0 Å². The molecule has 0 radical (unpaired) electrons. The van der Waals surface area contributed by atoms with E-state index in [1.54, 1.807) is 12.1 Å². The number of hydrogen-bond donors (Lipinski definition) is 1. The minimum atomic E-state index is -0.806. The van der Waals surface area contributed by atoms with E-state index in [1.807, 2.05) is 30.3 Å². The summed E-state index contributed by atoms with van der Waals surface area (Å²) in [4.78, 5) is 2.17. The first kappa shape index (κ1) is 17.5. The van der Waals surface area contributed by atoms with E-state index in [1.165, 1.54) is 12.1 Å². The quantitative estimate of drug-likeness (QED) is 0.844. The number of aliphatic hydroxyl groups is 1. The lowest BCUT2D eigenvalue weighted by atomic mass is 9.81. The lowest BCUT2D eigenvalue weighted by Gasteiger charge is -2.45. The first-order valence-corrected chi connectivity index (χ1v) is 9.00. The zero-order valence-corrected chi connectivity index (χ0v) is 14.7. The molecule has 1 unspecified atom stereocenters. The van der Waals surface area contributed by atoms with Crippen LogP contribution in [0.15, 0.2) is 54.6 Å². The van der Waals surface area contributed by atoms with Crippen molar-refractivity contribution in [1.82, 2.24) is 4.90 Å². The number of likely N-dealkylation sites (tertiary alicyclic amines) is 1. The number of benzene rings is 2. The first-order valence-electron chi connectivity index (χ1n) is 8.18. The molecular weight excluding hydrogens is 324 g/mol. The minimum absolute atomic E-state index is 0.283. The topological polar surface area (TPSA) is 32.7 Å². The third-order valence-electron chi connectivity index (χ3n) is 4.70. The highest BCUT2D eigenvalue weighted by Crippen LogP contribution is 2.38. The summed E-state index contributed by atoms with van der Waals surface area (Å²) in [6, 6.07) is 16.2. The van der Waals surface area contributed by atoms with Gasteiger partial charge >= 0.3 is 0 Å². The van der Waals surface area contributed by atoms with Crippen molar-refractivity contribution in [3.8, 4) is 0 Å². The molecule has 0 saturated carbocycles. The van der Waals surface area contributed by atoms with Crippen LogP contribution in [0.2, 0.25) is 0 Å². The van der Waals surface area contributed by atoms with Crippen molar-refractivity contribution in [1.29, 1.82) is 0 Å². The van der Waals surface area contributed by atoms with Gasteiger partial charge in [-0.15, -0.1) is 9.24 Å². The molecule has 0 aromatic heterocycles. The SMILES string of the molecule is O[C@@H]1CN(CP)CC[C@@]1(OCc1ccccc1)c1ccc(F)cc1. The van der Waals surface area contributed by atoms with Gasteiger partial charge in [-0.3, -0.25) is 4.90 Å². The van der Waals surface area contributed by atoms with Crippen LogP contribution in [0.1, 0.15) is 17.5 Å². The van der Waals surface area contributed by atoms with Crippen LogP contribution in [0.3, 0.4) is 0 Å². The second kappa shape index (κ2) is 7.71. The van der Waals surface area contributed by atoms with E-state index in [4.69, 9.17) is 4.74 Å². The molecule has 1 aliphatic heterocycles. The monoisotopic (exact) mass is 347 g/mol. The Balaban J connectivity index is 1.87. The number of piperidine rings is 1. The van der Waals surface area contributed by atoms with Gasteiger partial charge in [-0.1, -0.05) is 42.5 Å². The molecule has 2 aromatic rings. The summed E-state index contributed by atoms with van der Waals surface area (Å²) in [6.45, 7) is 1.78. The summed E-state index contributed by atoms with van der Waals surface area (Å²) >= 11 is 0. The third kappa shape index (κ3) is 3.68. The van der Waals surface area contributed by atoms with Gasteiger partial charge in [-0.05, 0) is 29.7 Å². The van der Waals surface area contributed by atoms with Gasteiger partial charge in [0.05, 0.1) is 12.7 Å². The van der Waals surface area contributed by atoms with Crippen molar-refractivity contribution in [3.05, 3.63) is 71.5 Å². The zero-order chi connectivity index (χ0) is 17.0. The average Bonchev–Trinajstić information content (AvgIpc) is 2.62. The van der Waals surface area contributed by atoms with Gasteiger partial charge in [0.2, 0.25) is 0 Å². The number of halogens is 1. The second-order valence-electron chi connectivity index (χ2n) is 6.20. The molecule has 0 spiro atoms. The molecule has 5 heteroatoms. The average molecular weight is 347 g/mol. The van der Waals surface area contributed by atoms with Crippen LogP contribution in [0.25, 0.3) is 0 Å². The van der Waals surface area contributed by atoms with Gasteiger partial charge in [-0.2, -0.15) is 0 Å². The molecule has 0 bridgehead atoms. The van der Waals surface area contributed by atoms with Crippen LogP contribution in [-0.4, -0.2) is 35.5 Å². The fourth-order valence-electron chi connectivity index (χ4n) is 3.25. The Bertz CT molecular complexity index is 652. The van der Waals surface area contributed by atoms with Crippen molar-refractivity contribution in [2.24, 2.45) is 0 Å². The van der Waals surface area contributed by atoms with Crippen LogP contribution >= 0.6 is 9.24 Å². The lowest BCUT2D eigenvalue weighted by molar-refractivity contribution is -0.168. The van der Waals surface area contributed by atoms with Gasteiger partial charge < -0.3 is 9.84 Å². The van der Waals surface area contributed by atoms with Crippen LogP contribution in [0.5, 0.6) is 0 Å². The van der Waals surface area contributed by atoms with E-state index in [2.05, 4.69) is 14.1 Å². The normalized spacial score (nSPS) is 24.9. The van der Waals surface area contributed by atoms with E-state index in [-0.39, 0.29) is 5.82 Å². The first-order chi connectivity index (χ1) is 11.6. The molecule has 24 heavy (non-hydrogen) atoms. The largest absolute Gasteiger partial charge is 0.388 e. The maximum atomic E-state index is 13.3. The van der Waals surface area contributed by atoms with E-state index in [9.17, 15) is 9.50 Å². The summed E-state index contributed by atoms with van der Waals surface area (Å²) in [5.41, 5.74) is 1.08. The Morgan fingerprint density at radius 2 is 1.88 bits per heavy atom. The Kier molecular flexibility index (Phi) is 5.62. The molecule has 0 aliphatic carbocycles. The van der Waals surface area contributed by atoms with Crippen molar-refractivity contribution < 1.29 is 14.2 Å². The van der Waals surface area contributed by atoms with Crippen molar-refractivity contribution in [2.75, 3.05) is 19.4 Å². The Hall–Kier alpha value is -1.32. The highest BCUT2D eigenvalue weighted by molar-refractivity contribution is 7.16. The van der Waals surface area contributed by atoms with Gasteiger partial charge in [0.25, 0.3) is 0 Å². The highest BCUT2D eigenvalue weighted by atomic mass is 31.0. The molecule has 3 atom stereocenters. The third-order valence-corrected chi connectivity index (χ3v) is 5.22. The van der Waals surface area contributed by atoms with Gasteiger partial charge in [0.15, 0.2) is 0 Å². The zero-order valence-electron chi connectivity index (χ0n) is 13.6. The molecule has 0 amide bonds. The van der Waals surface area contributed by atoms with Crippen molar-refractivity contribution in [3.63, 3.8) is 0 Å². The fraction of sp³-hybridized carbons (Fsp3) is 0.368. The molecule has 128 valence electrons. The van der Waals surface area contributed by atoms with Crippen molar-refractivity contribution in [2.45, 2.75) is 24.7 Å². The van der Waals surface area contributed by atoms with Gasteiger partial charge in [-0.25, -0.2) is 4.39 Å². The number of nitrogens with zero attached hydrogens (tertiary/aromatic N) is 1. The summed E-state index contributed by atoms with van der Waals surface area (Å²) in [5, 5.41) is 10.9. The summed E-state index contributed by atoms with van der Waals surface area (Å²) in [6.07, 6.45) is 0.817. The molecule has 1 saturated heterocycles. The predicted molar refractivity (Wildman–Crippen MR) is 96.1 cm³/mol. The molecule has 1 N–H and O–H groups in total. The number of aliphatic hydroxyl groups excluding tert-OH is 1. The molecule has 3 nitrogen and oxygen atoms in total. The molecule has 1 fully saturated rings. The van der Waals surface area contributed by atoms with Crippen LogP contribution in [0, 0.1) is 5.82 Å². The lowest BCUT2D eigenvalue weighted by Crippen LogP contribution is -2.54. The van der Waals surface area contributed by atoms with Gasteiger partial charge in [0.1, 0.15) is 11.4 Å². The van der Waals surface area contributed by atoms with Crippen LogP contribution in [-0.2, 0) is 16.9 Å².